The zero-order chi connectivity index (χ0) is 15.0. The number of nitrogens with zero attached hydrogens (tertiary/aromatic N) is 2. The van der Waals surface area contributed by atoms with E-state index in [1.807, 2.05) is 24.3 Å². The Bertz CT molecular complexity index is 624. The van der Waals surface area contributed by atoms with Crippen molar-refractivity contribution < 1.29 is 13.5 Å². The standard InChI is InChI=1S/C15H17F2N3O/c1-9-7-14-18-12(8-13(15(16)17)20(14)19-9)10-3-5-11(21-2)6-4-10/h3-7,12-13,15,18H,8H2,1-2H3/t12-,13+/m1/s1. The Morgan fingerprint density at radius 3 is 2.67 bits per heavy atom. The summed E-state index contributed by atoms with van der Waals surface area (Å²) in [5.74, 6) is 1.39. The van der Waals surface area contributed by atoms with Gasteiger partial charge >= 0.3 is 0 Å². The molecule has 1 N–H and O–H groups in total. The highest BCUT2D eigenvalue weighted by atomic mass is 19.3. The number of aryl methyl sites for hydroxylation is 1. The first-order valence-corrected chi connectivity index (χ1v) is 6.83. The minimum Gasteiger partial charge on any atom is -0.497 e. The summed E-state index contributed by atoms with van der Waals surface area (Å²) < 4.78 is 33.1. The van der Waals surface area contributed by atoms with Crippen molar-refractivity contribution in [3.8, 4) is 5.75 Å². The first kappa shape index (κ1) is 13.9. The van der Waals surface area contributed by atoms with Crippen LogP contribution in [-0.2, 0) is 0 Å². The van der Waals surface area contributed by atoms with Gasteiger partial charge in [0, 0.05) is 6.07 Å². The molecule has 1 aromatic carbocycles. The van der Waals surface area contributed by atoms with E-state index in [2.05, 4.69) is 10.4 Å². The summed E-state index contributed by atoms with van der Waals surface area (Å²) in [5.41, 5.74) is 1.70. The average molecular weight is 293 g/mol. The number of anilines is 1. The number of halogens is 2. The molecule has 0 fully saturated rings. The molecule has 2 heterocycles. The van der Waals surface area contributed by atoms with Crippen molar-refractivity contribution in [3.05, 3.63) is 41.6 Å². The van der Waals surface area contributed by atoms with Gasteiger partial charge in [0.1, 0.15) is 17.6 Å². The molecule has 2 atom stereocenters. The van der Waals surface area contributed by atoms with E-state index in [9.17, 15) is 8.78 Å². The normalized spacial score (nSPS) is 21.0. The summed E-state index contributed by atoms with van der Waals surface area (Å²) in [6.07, 6.45) is -2.14. The minimum atomic E-state index is -2.44. The summed E-state index contributed by atoms with van der Waals surface area (Å²) >= 11 is 0. The van der Waals surface area contributed by atoms with Crippen LogP contribution in [0.1, 0.15) is 29.8 Å². The third kappa shape index (κ3) is 2.57. The Balaban J connectivity index is 1.91. The molecule has 0 bridgehead atoms. The molecule has 0 saturated heterocycles. The second kappa shape index (κ2) is 5.35. The second-order valence-corrected chi connectivity index (χ2v) is 5.22. The fraction of sp³-hybridized carbons (Fsp3) is 0.400. The molecule has 1 aromatic heterocycles. The quantitative estimate of drug-likeness (QED) is 0.940. The van der Waals surface area contributed by atoms with Gasteiger partial charge in [-0.3, -0.25) is 0 Å². The van der Waals surface area contributed by atoms with Crippen LogP contribution in [0.3, 0.4) is 0 Å². The number of aromatic nitrogens is 2. The molecule has 6 heteroatoms. The van der Waals surface area contributed by atoms with Crippen molar-refractivity contribution in [2.45, 2.75) is 31.9 Å². The molecule has 1 aliphatic heterocycles. The lowest BCUT2D eigenvalue weighted by atomic mass is 9.97. The molecule has 0 amide bonds. The molecule has 0 saturated carbocycles. The van der Waals surface area contributed by atoms with Gasteiger partial charge in [0.05, 0.1) is 18.8 Å². The van der Waals surface area contributed by atoms with Crippen molar-refractivity contribution in [1.29, 1.82) is 0 Å². The van der Waals surface area contributed by atoms with Crippen LogP contribution in [-0.4, -0.2) is 23.3 Å². The van der Waals surface area contributed by atoms with Gasteiger partial charge in [0.15, 0.2) is 0 Å². The molecule has 4 nitrogen and oxygen atoms in total. The van der Waals surface area contributed by atoms with E-state index in [0.29, 0.717) is 12.2 Å². The van der Waals surface area contributed by atoms with Gasteiger partial charge in [0.25, 0.3) is 6.43 Å². The molecule has 0 spiro atoms. The molecular formula is C15H17F2N3O. The molecular weight excluding hydrogens is 276 g/mol. The molecule has 2 aromatic rings. The van der Waals surface area contributed by atoms with Crippen molar-refractivity contribution in [2.24, 2.45) is 0 Å². The van der Waals surface area contributed by atoms with Gasteiger partial charge in [-0.15, -0.1) is 0 Å². The first-order valence-electron chi connectivity index (χ1n) is 6.83. The molecule has 1 aliphatic rings. The van der Waals surface area contributed by atoms with E-state index in [1.165, 1.54) is 4.68 Å². The number of ether oxygens (including phenoxy) is 1. The first-order chi connectivity index (χ1) is 10.1. The lowest BCUT2D eigenvalue weighted by molar-refractivity contribution is 0.0657. The van der Waals surface area contributed by atoms with Crippen LogP contribution in [0.25, 0.3) is 0 Å². The Morgan fingerprint density at radius 2 is 2.05 bits per heavy atom. The third-order valence-corrected chi connectivity index (χ3v) is 3.78. The Kier molecular flexibility index (Phi) is 3.53. The number of alkyl halides is 2. The number of methoxy groups -OCH3 is 1. The van der Waals surface area contributed by atoms with Crippen LogP contribution in [0, 0.1) is 6.92 Å². The van der Waals surface area contributed by atoms with E-state index >= 15 is 0 Å². The van der Waals surface area contributed by atoms with Crippen LogP contribution in [0.4, 0.5) is 14.6 Å². The van der Waals surface area contributed by atoms with Crippen molar-refractivity contribution >= 4 is 5.82 Å². The lowest BCUT2D eigenvalue weighted by Gasteiger charge is -2.32. The van der Waals surface area contributed by atoms with Crippen LogP contribution < -0.4 is 10.1 Å². The summed E-state index contributed by atoms with van der Waals surface area (Å²) in [6.45, 7) is 1.80. The largest absolute Gasteiger partial charge is 0.497 e. The van der Waals surface area contributed by atoms with Gasteiger partial charge in [-0.1, -0.05) is 12.1 Å². The number of benzene rings is 1. The Morgan fingerprint density at radius 1 is 1.33 bits per heavy atom. The van der Waals surface area contributed by atoms with Crippen LogP contribution in [0.15, 0.2) is 30.3 Å². The minimum absolute atomic E-state index is 0.154. The van der Waals surface area contributed by atoms with Gasteiger partial charge in [-0.25, -0.2) is 13.5 Å². The number of nitrogens with one attached hydrogen (secondary N) is 1. The topological polar surface area (TPSA) is 39.1 Å². The van der Waals surface area contributed by atoms with Crippen LogP contribution in [0.5, 0.6) is 5.75 Å². The van der Waals surface area contributed by atoms with Crippen LogP contribution in [0.2, 0.25) is 0 Å². The van der Waals surface area contributed by atoms with Crippen molar-refractivity contribution in [2.75, 3.05) is 12.4 Å². The fourth-order valence-electron chi connectivity index (χ4n) is 2.72. The maximum Gasteiger partial charge on any atom is 0.260 e. The van der Waals surface area contributed by atoms with Crippen molar-refractivity contribution in [3.63, 3.8) is 0 Å². The Hall–Kier alpha value is -2.11. The molecule has 0 aliphatic carbocycles. The Labute approximate surface area is 121 Å². The molecule has 3 rings (SSSR count). The highest BCUT2D eigenvalue weighted by molar-refractivity contribution is 5.44. The third-order valence-electron chi connectivity index (χ3n) is 3.78. The number of fused-ring (bicyclic) bond motifs is 1. The molecule has 112 valence electrons. The monoisotopic (exact) mass is 293 g/mol. The van der Waals surface area contributed by atoms with E-state index < -0.39 is 12.5 Å². The maximum atomic E-state index is 13.3. The molecule has 0 radical (unpaired) electrons. The van der Waals surface area contributed by atoms with Gasteiger partial charge in [-0.05, 0) is 31.0 Å². The van der Waals surface area contributed by atoms with E-state index in [-0.39, 0.29) is 6.04 Å². The summed E-state index contributed by atoms with van der Waals surface area (Å²) in [7, 11) is 1.60. The number of hydrogen-bond acceptors (Lipinski definition) is 3. The summed E-state index contributed by atoms with van der Waals surface area (Å²) in [4.78, 5) is 0. The average Bonchev–Trinajstić information content (AvgIpc) is 2.86. The van der Waals surface area contributed by atoms with Gasteiger partial charge < -0.3 is 10.1 Å². The highest BCUT2D eigenvalue weighted by Gasteiger charge is 2.34. The predicted molar refractivity (Wildman–Crippen MR) is 76.0 cm³/mol. The fourth-order valence-corrected chi connectivity index (χ4v) is 2.72. The smallest absolute Gasteiger partial charge is 0.260 e. The summed E-state index contributed by atoms with van der Waals surface area (Å²) in [5, 5.41) is 7.45. The maximum absolute atomic E-state index is 13.3. The predicted octanol–water partition coefficient (Wildman–Crippen LogP) is 3.56. The zero-order valence-corrected chi connectivity index (χ0v) is 11.9. The van der Waals surface area contributed by atoms with Crippen molar-refractivity contribution in [1.82, 2.24) is 9.78 Å². The number of rotatable bonds is 3. The molecule has 0 unspecified atom stereocenters. The van der Waals surface area contributed by atoms with Crippen LogP contribution >= 0.6 is 0 Å². The zero-order valence-electron chi connectivity index (χ0n) is 11.9. The second-order valence-electron chi connectivity index (χ2n) is 5.22. The SMILES string of the molecule is COc1ccc([C@H]2C[C@@H](C(F)F)n3nc(C)cc3N2)cc1. The van der Waals surface area contributed by atoms with Gasteiger partial charge in [-0.2, -0.15) is 5.10 Å². The van der Waals surface area contributed by atoms with E-state index in [4.69, 9.17) is 4.74 Å². The summed E-state index contributed by atoms with van der Waals surface area (Å²) in [6, 6.07) is 8.22. The van der Waals surface area contributed by atoms with E-state index in [0.717, 1.165) is 17.0 Å². The lowest BCUT2D eigenvalue weighted by Crippen LogP contribution is -2.30. The van der Waals surface area contributed by atoms with E-state index in [1.54, 1.807) is 20.1 Å². The number of hydrogen-bond donors (Lipinski definition) is 1. The highest BCUT2D eigenvalue weighted by Crippen LogP contribution is 2.38. The van der Waals surface area contributed by atoms with Gasteiger partial charge in [0.2, 0.25) is 0 Å². The molecule has 21 heavy (non-hydrogen) atoms.